The highest BCUT2D eigenvalue weighted by molar-refractivity contribution is 5.93. The van der Waals surface area contributed by atoms with E-state index in [1.54, 1.807) is 40.5 Å². The van der Waals surface area contributed by atoms with Crippen LogP contribution in [0.25, 0.3) is 0 Å². The lowest BCUT2D eigenvalue weighted by atomic mass is 10.1. The van der Waals surface area contributed by atoms with Crippen molar-refractivity contribution in [1.29, 1.82) is 0 Å². The third-order valence-electron chi connectivity index (χ3n) is 3.85. The van der Waals surface area contributed by atoms with Crippen LogP contribution in [0.5, 0.6) is 11.5 Å². The molecular formula is C19H24FN3O3. The molecule has 0 aliphatic rings. The first-order valence-electron chi connectivity index (χ1n) is 8.09. The van der Waals surface area contributed by atoms with Crippen LogP contribution < -0.4 is 20.1 Å². The first-order chi connectivity index (χ1) is 12.6. The van der Waals surface area contributed by atoms with Crippen LogP contribution in [0.4, 0.5) is 10.1 Å². The third-order valence-corrected chi connectivity index (χ3v) is 3.85. The van der Waals surface area contributed by atoms with E-state index >= 15 is 0 Å². The van der Waals surface area contributed by atoms with Gasteiger partial charge in [-0.15, -0.1) is 0 Å². The lowest BCUT2D eigenvalue weighted by molar-refractivity contribution is 0.106. The zero-order chi connectivity index (χ0) is 18.9. The van der Waals surface area contributed by atoms with Crippen LogP contribution in [0, 0.1) is 5.82 Å². The van der Waals surface area contributed by atoms with E-state index in [1.807, 2.05) is 18.2 Å². The van der Waals surface area contributed by atoms with Gasteiger partial charge in [0.25, 0.3) is 0 Å². The average molecular weight is 361 g/mol. The Hall–Kier alpha value is -2.80. The van der Waals surface area contributed by atoms with E-state index in [2.05, 4.69) is 15.6 Å². The van der Waals surface area contributed by atoms with Gasteiger partial charge in [0.2, 0.25) is 0 Å². The van der Waals surface area contributed by atoms with E-state index in [-0.39, 0.29) is 11.9 Å². The molecule has 0 bridgehead atoms. The number of nitrogens with one attached hydrogen (secondary N) is 2. The second-order valence-corrected chi connectivity index (χ2v) is 5.42. The van der Waals surface area contributed by atoms with Gasteiger partial charge in [0.15, 0.2) is 17.5 Å². The van der Waals surface area contributed by atoms with Gasteiger partial charge in [-0.3, -0.25) is 4.99 Å². The van der Waals surface area contributed by atoms with Crippen molar-refractivity contribution in [2.45, 2.75) is 6.10 Å². The number of guanidine groups is 1. The Morgan fingerprint density at radius 3 is 2.31 bits per heavy atom. The zero-order valence-corrected chi connectivity index (χ0v) is 15.4. The highest BCUT2D eigenvalue weighted by atomic mass is 19.1. The minimum atomic E-state index is -0.275. The molecule has 0 aromatic heterocycles. The molecule has 2 N–H and O–H groups in total. The fourth-order valence-corrected chi connectivity index (χ4v) is 2.43. The van der Waals surface area contributed by atoms with Crippen LogP contribution in [0.15, 0.2) is 47.5 Å². The van der Waals surface area contributed by atoms with Crippen molar-refractivity contribution in [2.24, 2.45) is 4.99 Å². The van der Waals surface area contributed by atoms with Gasteiger partial charge >= 0.3 is 0 Å². The molecule has 26 heavy (non-hydrogen) atoms. The summed E-state index contributed by atoms with van der Waals surface area (Å²) >= 11 is 0. The van der Waals surface area contributed by atoms with Crippen molar-refractivity contribution < 1.29 is 18.6 Å². The molecule has 0 heterocycles. The maximum atomic E-state index is 13.1. The number of hydrogen-bond donors (Lipinski definition) is 2. The van der Waals surface area contributed by atoms with Gasteiger partial charge < -0.3 is 24.8 Å². The lowest BCUT2D eigenvalue weighted by Gasteiger charge is -2.19. The van der Waals surface area contributed by atoms with Crippen molar-refractivity contribution in [3.63, 3.8) is 0 Å². The SMILES string of the molecule is CN=C(NCC(OC)c1ccc(F)cc1)Nc1ccc(OC)c(OC)c1. The monoisotopic (exact) mass is 361 g/mol. The topological polar surface area (TPSA) is 64.1 Å². The Kier molecular flexibility index (Phi) is 7.23. The predicted molar refractivity (Wildman–Crippen MR) is 101 cm³/mol. The fraction of sp³-hybridized carbons (Fsp3) is 0.316. The van der Waals surface area contributed by atoms with Crippen molar-refractivity contribution in [3.05, 3.63) is 53.8 Å². The predicted octanol–water partition coefficient (Wildman–Crippen LogP) is 3.22. The van der Waals surface area contributed by atoms with Gasteiger partial charge in [-0.1, -0.05) is 12.1 Å². The summed E-state index contributed by atoms with van der Waals surface area (Å²) in [5.74, 6) is 1.56. The Bertz CT molecular complexity index is 735. The summed E-state index contributed by atoms with van der Waals surface area (Å²) in [6, 6.07) is 11.7. The molecule has 0 spiro atoms. The standard InChI is InChI=1S/C19H24FN3O3/c1-21-19(23-15-9-10-16(24-2)17(11-15)25-3)22-12-18(26-4)13-5-7-14(20)8-6-13/h5-11,18H,12H2,1-4H3,(H2,21,22,23). The van der Waals surface area contributed by atoms with Crippen molar-refractivity contribution >= 4 is 11.6 Å². The summed E-state index contributed by atoms with van der Waals surface area (Å²) in [6.45, 7) is 0.467. The third kappa shape index (κ3) is 5.10. The van der Waals surface area contributed by atoms with E-state index in [0.29, 0.717) is 24.0 Å². The van der Waals surface area contributed by atoms with Crippen LogP contribution in [0.1, 0.15) is 11.7 Å². The molecular weight excluding hydrogens is 337 g/mol. The highest BCUT2D eigenvalue weighted by Gasteiger charge is 2.12. The first kappa shape index (κ1) is 19.5. The molecule has 2 aromatic carbocycles. The largest absolute Gasteiger partial charge is 0.493 e. The Balaban J connectivity index is 2.02. The molecule has 7 heteroatoms. The molecule has 1 atom stereocenters. The summed E-state index contributed by atoms with van der Waals surface area (Å²) in [4.78, 5) is 4.20. The summed E-state index contributed by atoms with van der Waals surface area (Å²) < 4.78 is 29.1. The summed E-state index contributed by atoms with van der Waals surface area (Å²) in [6.07, 6.45) is -0.237. The number of benzene rings is 2. The normalized spacial score (nSPS) is 12.4. The molecule has 0 aliphatic carbocycles. The second-order valence-electron chi connectivity index (χ2n) is 5.42. The highest BCUT2D eigenvalue weighted by Crippen LogP contribution is 2.29. The first-order valence-corrected chi connectivity index (χ1v) is 8.09. The van der Waals surface area contributed by atoms with Crippen LogP contribution in [0.2, 0.25) is 0 Å². The van der Waals surface area contributed by atoms with Crippen LogP contribution in [-0.2, 0) is 4.74 Å². The summed E-state index contributed by atoms with van der Waals surface area (Å²) in [5.41, 5.74) is 1.68. The van der Waals surface area contributed by atoms with Crippen LogP contribution in [-0.4, -0.2) is 40.9 Å². The molecule has 0 saturated carbocycles. The van der Waals surface area contributed by atoms with Gasteiger partial charge in [0.1, 0.15) is 5.82 Å². The Morgan fingerprint density at radius 2 is 1.73 bits per heavy atom. The fourth-order valence-electron chi connectivity index (χ4n) is 2.43. The van der Waals surface area contributed by atoms with Crippen molar-refractivity contribution in [2.75, 3.05) is 40.2 Å². The Labute approximate surface area is 153 Å². The minimum absolute atomic E-state index is 0.237. The van der Waals surface area contributed by atoms with Gasteiger partial charge in [-0.05, 0) is 29.8 Å². The number of nitrogens with zero attached hydrogens (tertiary/aromatic N) is 1. The van der Waals surface area contributed by atoms with Crippen LogP contribution in [0.3, 0.4) is 0 Å². The van der Waals surface area contributed by atoms with Gasteiger partial charge in [0.05, 0.1) is 20.3 Å². The van der Waals surface area contributed by atoms with Gasteiger partial charge in [-0.25, -0.2) is 4.39 Å². The van der Waals surface area contributed by atoms with E-state index in [9.17, 15) is 4.39 Å². The van der Waals surface area contributed by atoms with Gasteiger partial charge in [-0.2, -0.15) is 0 Å². The maximum absolute atomic E-state index is 13.1. The molecule has 2 rings (SSSR count). The molecule has 1 unspecified atom stereocenters. The van der Waals surface area contributed by atoms with E-state index in [1.165, 1.54) is 12.1 Å². The molecule has 0 aliphatic heterocycles. The number of aliphatic imine (C=N–C) groups is 1. The number of halogens is 1. The van der Waals surface area contributed by atoms with Gasteiger partial charge in [0, 0.05) is 32.5 Å². The van der Waals surface area contributed by atoms with E-state index in [4.69, 9.17) is 14.2 Å². The minimum Gasteiger partial charge on any atom is -0.493 e. The second kappa shape index (κ2) is 9.62. The number of methoxy groups -OCH3 is 3. The smallest absolute Gasteiger partial charge is 0.195 e. The van der Waals surface area contributed by atoms with Crippen molar-refractivity contribution in [3.8, 4) is 11.5 Å². The lowest BCUT2D eigenvalue weighted by Crippen LogP contribution is -2.34. The average Bonchev–Trinajstić information content (AvgIpc) is 2.68. The van der Waals surface area contributed by atoms with Crippen LogP contribution >= 0.6 is 0 Å². The molecule has 6 nitrogen and oxygen atoms in total. The molecule has 0 radical (unpaired) electrons. The number of anilines is 1. The summed E-state index contributed by atoms with van der Waals surface area (Å²) in [7, 11) is 6.46. The summed E-state index contributed by atoms with van der Waals surface area (Å²) in [5, 5.41) is 6.38. The number of rotatable bonds is 7. The quantitative estimate of drug-likeness (QED) is 0.586. The van der Waals surface area contributed by atoms with E-state index < -0.39 is 0 Å². The number of ether oxygens (including phenoxy) is 3. The number of hydrogen-bond acceptors (Lipinski definition) is 4. The molecule has 0 amide bonds. The molecule has 0 saturated heterocycles. The van der Waals surface area contributed by atoms with Crippen molar-refractivity contribution in [1.82, 2.24) is 5.32 Å². The zero-order valence-electron chi connectivity index (χ0n) is 15.4. The van der Waals surface area contributed by atoms with E-state index in [0.717, 1.165) is 11.3 Å². The molecule has 140 valence electrons. The molecule has 2 aromatic rings. The Morgan fingerprint density at radius 1 is 1.04 bits per heavy atom. The maximum Gasteiger partial charge on any atom is 0.195 e. The molecule has 0 fully saturated rings.